The topological polar surface area (TPSA) is 58.6 Å². The van der Waals surface area contributed by atoms with E-state index in [1.165, 1.54) is 0 Å². The van der Waals surface area contributed by atoms with E-state index in [4.69, 9.17) is 21.4 Å². The fourth-order valence-corrected chi connectivity index (χ4v) is 2.24. The number of nitrogens with one attached hydrogen (secondary N) is 1. The van der Waals surface area contributed by atoms with Gasteiger partial charge in [-0.15, -0.1) is 0 Å². The Kier molecular flexibility index (Phi) is 5.61. The molecule has 1 amide bonds. The highest BCUT2D eigenvalue weighted by Gasteiger charge is 2.06. The standard InChI is InChI=1S/C15H13BrClNO3/c16-14-5-4-13(6-10(14)8-19)21-9-15(20)18-12-3-1-2-11(17)7-12/h1-7,19H,8-9H2,(H,18,20). The van der Waals surface area contributed by atoms with Crippen LogP contribution in [-0.2, 0) is 11.4 Å². The highest BCUT2D eigenvalue weighted by Crippen LogP contribution is 2.22. The van der Waals surface area contributed by atoms with Crippen LogP contribution >= 0.6 is 27.5 Å². The van der Waals surface area contributed by atoms with Crippen LogP contribution in [0.5, 0.6) is 5.75 Å². The third-order valence-corrected chi connectivity index (χ3v) is 3.67. The lowest BCUT2D eigenvalue weighted by Gasteiger charge is -2.09. The quantitative estimate of drug-likeness (QED) is 0.845. The lowest BCUT2D eigenvalue weighted by atomic mass is 10.2. The number of benzene rings is 2. The van der Waals surface area contributed by atoms with E-state index in [2.05, 4.69) is 21.2 Å². The summed E-state index contributed by atoms with van der Waals surface area (Å²) in [6.07, 6.45) is 0. The lowest BCUT2D eigenvalue weighted by molar-refractivity contribution is -0.118. The number of halogens is 2. The molecule has 0 aromatic heterocycles. The van der Waals surface area contributed by atoms with Crippen molar-refractivity contribution >= 4 is 39.1 Å². The highest BCUT2D eigenvalue weighted by atomic mass is 79.9. The molecule has 2 aromatic carbocycles. The summed E-state index contributed by atoms with van der Waals surface area (Å²) in [4.78, 5) is 11.8. The molecule has 0 fully saturated rings. The average molecular weight is 371 g/mol. The fraction of sp³-hybridized carbons (Fsp3) is 0.133. The number of ether oxygens (including phenoxy) is 1. The summed E-state index contributed by atoms with van der Waals surface area (Å²) in [6.45, 7) is -0.231. The number of hydrogen-bond donors (Lipinski definition) is 2. The fourth-order valence-electron chi connectivity index (χ4n) is 1.67. The van der Waals surface area contributed by atoms with Crippen molar-refractivity contribution in [3.63, 3.8) is 0 Å². The smallest absolute Gasteiger partial charge is 0.262 e. The van der Waals surface area contributed by atoms with Crippen molar-refractivity contribution in [2.75, 3.05) is 11.9 Å². The van der Waals surface area contributed by atoms with Crippen LogP contribution in [0.4, 0.5) is 5.69 Å². The summed E-state index contributed by atoms with van der Waals surface area (Å²) in [6, 6.07) is 12.0. The second-order valence-electron chi connectivity index (χ2n) is 4.26. The predicted octanol–water partition coefficient (Wildman–Crippen LogP) is 3.61. The van der Waals surface area contributed by atoms with Crippen molar-refractivity contribution in [2.24, 2.45) is 0 Å². The maximum absolute atomic E-state index is 11.8. The third-order valence-electron chi connectivity index (χ3n) is 2.67. The van der Waals surface area contributed by atoms with E-state index in [0.717, 1.165) is 4.47 Å². The van der Waals surface area contributed by atoms with Gasteiger partial charge in [0.05, 0.1) is 6.61 Å². The molecule has 0 spiro atoms. The Balaban J connectivity index is 1.92. The first kappa shape index (κ1) is 15.8. The molecule has 0 saturated carbocycles. The van der Waals surface area contributed by atoms with Gasteiger partial charge >= 0.3 is 0 Å². The van der Waals surface area contributed by atoms with E-state index in [-0.39, 0.29) is 19.1 Å². The van der Waals surface area contributed by atoms with Crippen LogP contribution in [0.25, 0.3) is 0 Å². The normalized spacial score (nSPS) is 10.2. The monoisotopic (exact) mass is 369 g/mol. The van der Waals surface area contributed by atoms with Crippen LogP contribution in [-0.4, -0.2) is 17.6 Å². The molecule has 0 atom stereocenters. The van der Waals surface area contributed by atoms with E-state index in [1.54, 1.807) is 42.5 Å². The molecule has 0 radical (unpaired) electrons. The molecule has 2 N–H and O–H groups in total. The van der Waals surface area contributed by atoms with Crippen LogP contribution in [0.15, 0.2) is 46.9 Å². The SMILES string of the molecule is O=C(COc1ccc(Br)c(CO)c1)Nc1cccc(Cl)c1. The number of aliphatic hydroxyl groups excluding tert-OH is 1. The summed E-state index contributed by atoms with van der Waals surface area (Å²) < 4.78 is 6.18. The average Bonchev–Trinajstić information content (AvgIpc) is 2.46. The first-order valence-corrected chi connectivity index (χ1v) is 7.33. The summed E-state index contributed by atoms with van der Waals surface area (Å²) in [7, 11) is 0. The maximum atomic E-state index is 11.8. The molecule has 0 unspecified atom stereocenters. The first-order chi connectivity index (χ1) is 10.1. The summed E-state index contributed by atoms with van der Waals surface area (Å²) in [5, 5.41) is 12.4. The molecule has 110 valence electrons. The van der Waals surface area contributed by atoms with Gasteiger partial charge in [-0.3, -0.25) is 4.79 Å². The first-order valence-electron chi connectivity index (χ1n) is 6.16. The second kappa shape index (κ2) is 7.45. The van der Waals surface area contributed by atoms with Crippen molar-refractivity contribution in [1.29, 1.82) is 0 Å². The number of rotatable bonds is 5. The summed E-state index contributed by atoms with van der Waals surface area (Å²) >= 11 is 9.15. The Hall–Kier alpha value is -1.56. The maximum Gasteiger partial charge on any atom is 0.262 e. The molecule has 0 heterocycles. The molecule has 4 nitrogen and oxygen atoms in total. The van der Waals surface area contributed by atoms with Crippen LogP contribution in [0, 0.1) is 0 Å². The Labute approximate surface area is 135 Å². The van der Waals surface area contributed by atoms with Crippen LogP contribution in [0.1, 0.15) is 5.56 Å². The number of anilines is 1. The largest absolute Gasteiger partial charge is 0.484 e. The summed E-state index contributed by atoms with van der Waals surface area (Å²) in [5.74, 6) is 0.231. The Morgan fingerprint density at radius 2 is 2.10 bits per heavy atom. The van der Waals surface area contributed by atoms with Gasteiger partial charge in [-0.1, -0.05) is 33.6 Å². The number of hydrogen-bond acceptors (Lipinski definition) is 3. The zero-order valence-electron chi connectivity index (χ0n) is 11.0. The van der Waals surface area contributed by atoms with E-state index >= 15 is 0 Å². The molecule has 0 aliphatic carbocycles. The van der Waals surface area contributed by atoms with Crippen molar-refractivity contribution in [3.8, 4) is 5.75 Å². The molecular formula is C15H13BrClNO3. The number of carbonyl (C=O) groups excluding carboxylic acids is 1. The van der Waals surface area contributed by atoms with Gasteiger partial charge in [0.1, 0.15) is 5.75 Å². The van der Waals surface area contributed by atoms with E-state index in [1.807, 2.05) is 0 Å². The van der Waals surface area contributed by atoms with Gasteiger partial charge in [0, 0.05) is 15.2 Å². The van der Waals surface area contributed by atoms with Gasteiger partial charge in [0.25, 0.3) is 5.91 Å². The van der Waals surface area contributed by atoms with E-state index in [9.17, 15) is 4.79 Å². The molecule has 0 saturated heterocycles. The third kappa shape index (κ3) is 4.74. The molecule has 0 aliphatic heterocycles. The Morgan fingerprint density at radius 1 is 1.29 bits per heavy atom. The summed E-state index contributed by atoms with van der Waals surface area (Å²) in [5.41, 5.74) is 1.31. The molecule has 0 bridgehead atoms. The van der Waals surface area contributed by atoms with E-state index < -0.39 is 0 Å². The Morgan fingerprint density at radius 3 is 2.81 bits per heavy atom. The van der Waals surface area contributed by atoms with E-state index in [0.29, 0.717) is 22.0 Å². The highest BCUT2D eigenvalue weighted by molar-refractivity contribution is 9.10. The van der Waals surface area contributed by atoms with Crippen LogP contribution in [0.3, 0.4) is 0 Å². The van der Waals surface area contributed by atoms with Crippen LogP contribution in [0.2, 0.25) is 5.02 Å². The molecule has 2 aromatic rings. The minimum Gasteiger partial charge on any atom is -0.484 e. The van der Waals surface area contributed by atoms with Gasteiger partial charge in [0.2, 0.25) is 0 Å². The van der Waals surface area contributed by atoms with Crippen molar-refractivity contribution < 1.29 is 14.6 Å². The molecular weight excluding hydrogens is 358 g/mol. The van der Waals surface area contributed by atoms with Gasteiger partial charge in [0.15, 0.2) is 6.61 Å². The van der Waals surface area contributed by atoms with Gasteiger partial charge in [-0.2, -0.15) is 0 Å². The van der Waals surface area contributed by atoms with Crippen molar-refractivity contribution in [1.82, 2.24) is 0 Å². The number of aliphatic hydroxyl groups is 1. The molecule has 21 heavy (non-hydrogen) atoms. The van der Waals surface area contributed by atoms with Gasteiger partial charge < -0.3 is 15.2 Å². The lowest BCUT2D eigenvalue weighted by Crippen LogP contribution is -2.20. The minimum absolute atomic E-state index is 0.105. The molecule has 0 aliphatic rings. The zero-order chi connectivity index (χ0) is 15.2. The van der Waals surface area contributed by atoms with Crippen molar-refractivity contribution in [2.45, 2.75) is 6.61 Å². The van der Waals surface area contributed by atoms with Crippen LogP contribution < -0.4 is 10.1 Å². The van der Waals surface area contributed by atoms with Crippen molar-refractivity contribution in [3.05, 3.63) is 57.5 Å². The predicted molar refractivity (Wildman–Crippen MR) is 85.6 cm³/mol. The van der Waals surface area contributed by atoms with Gasteiger partial charge in [-0.25, -0.2) is 0 Å². The van der Waals surface area contributed by atoms with Gasteiger partial charge in [-0.05, 0) is 42.0 Å². The second-order valence-corrected chi connectivity index (χ2v) is 5.55. The molecule has 6 heteroatoms. The Bertz CT molecular complexity index is 649. The number of amides is 1. The minimum atomic E-state index is -0.286. The zero-order valence-corrected chi connectivity index (χ0v) is 13.3. The molecule has 2 rings (SSSR count). The number of carbonyl (C=O) groups is 1.